The highest BCUT2D eigenvalue weighted by Gasteiger charge is 2.26. The lowest BCUT2D eigenvalue weighted by Gasteiger charge is -2.35. The molecule has 2 heterocycles. The molecule has 1 aromatic rings. The van der Waals surface area contributed by atoms with Crippen LogP contribution in [0.1, 0.15) is 49.0 Å². The Balaban J connectivity index is 1.50. The van der Waals surface area contributed by atoms with E-state index in [1.54, 1.807) is 17.9 Å². The number of nitrogens with zero attached hydrogens (tertiary/aromatic N) is 4. The van der Waals surface area contributed by atoms with Gasteiger partial charge in [0.1, 0.15) is 0 Å². The molecule has 0 bridgehead atoms. The van der Waals surface area contributed by atoms with Crippen molar-refractivity contribution in [2.45, 2.75) is 51.1 Å². The molecule has 8 heteroatoms. The molecule has 1 aromatic heterocycles. The maximum absolute atomic E-state index is 12.0. The Labute approximate surface area is 142 Å². The summed E-state index contributed by atoms with van der Waals surface area (Å²) in [6.07, 6.45) is 8.13. The average Bonchev–Trinajstić information content (AvgIpc) is 3.33. The molecule has 0 spiro atoms. The summed E-state index contributed by atoms with van der Waals surface area (Å²) in [5.41, 5.74) is 0.363. The summed E-state index contributed by atoms with van der Waals surface area (Å²) >= 11 is 0. The van der Waals surface area contributed by atoms with Gasteiger partial charge in [-0.2, -0.15) is 0 Å². The third-order valence-corrected chi connectivity index (χ3v) is 4.81. The molecule has 2 aliphatic rings. The number of carbonyl (C=O) groups excluding carboxylic acids is 2. The SMILES string of the molecule is CNC(=O)N1CCCCC1CCn1cc(C(=O)NCC2CC2)nn1. The van der Waals surface area contributed by atoms with Crippen molar-refractivity contribution in [1.82, 2.24) is 30.5 Å². The summed E-state index contributed by atoms with van der Waals surface area (Å²) in [5, 5.41) is 13.6. The second-order valence-electron chi connectivity index (χ2n) is 6.71. The van der Waals surface area contributed by atoms with E-state index in [2.05, 4.69) is 20.9 Å². The van der Waals surface area contributed by atoms with Gasteiger partial charge < -0.3 is 15.5 Å². The largest absolute Gasteiger partial charge is 0.350 e. The zero-order valence-electron chi connectivity index (χ0n) is 14.2. The van der Waals surface area contributed by atoms with Gasteiger partial charge in [-0.05, 0) is 44.4 Å². The van der Waals surface area contributed by atoms with Gasteiger partial charge in [0.2, 0.25) is 0 Å². The Morgan fingerprint density at radius 2 is 2.12 bits per heavy atom. The number of aromatic nitrogens is 3. The van der Waals surface area contributed by atoms with Crippen LogP contribution in [0.5, 0.6) is 0 Å². The van der Waals surface area contributed by atoms with E-state index in [1.165, 1.54) is 12.8 Å². The molecule has 8 nitrogen and oxygen atoms in total. The number of amides is 3. The van der Waals surface area contributed by atoms with E-state index in [9.17, 15) is 9.59 Å². The zero-order valence-corrected chi connectivity index (χ0v) is 14.2. The summed E-state index contributed by atoms with van der Waals surface area (Å²) in [5.74, 6) is 0.490. The van der Waals surface area contributed by atoms with Crippen molar-refractivity contribution in [2.75, 3.05) is 20.1 Å². The van der Waals surface area contributed by atoms with Gasteiger partial charge in [-0.25, -0.2) is 4.79 Å². The number of urea groups is 1. The third kappa shape index (κ3) is 4.24. The molecule has 24 heavy (non-hydrogen) atoms. The molecular formula is C16H26N6O2. The van der Waals surface area contributed by atoms with E-state index in [-0.39, 0.29) is 18.0 Å². The highest BCUT2D eigenvalue weighted by Crippen LogP contribution is 2.27. The van der Waals surface area contributed by atoms with E-state index in [4.69, 9.17) is 0 Å². The third-order valence-electron chi connectivity index (χ3n) is 4.81. The number of piperidine rings is 1. The second kappa shape index (κ2) is 7.63. The lowest BCUT2D eigenvalue weighted by molar-refractivity contribution is 0.0946. The molecule has 2 fully saturated rings. The molecule has 0 aromatic carbocycles. The van der Waals surface area contributed by atoms with E-state index in [1.807, 2.05) is 4.90 Å². The first-order valence-corrected chi connectivity index (χ1v) is 8.84. The zero-order chi connectivity index (χ0) is 16.9. The van der Waals surface area contributed by atoms with Crippen LogP contribution in [-0.2, 0) is 6.54 Å². The van der Waals surface area contributed by atoms with Crippen LogP contribution in [0.3, 0.4) is 0 Å². The lowest BCUT2D eigenvalue weighted by atomic mass is 10.00. The van der Waals surface area contributed by atoms with Crippen LogP contribution in [0.15, 0.2) is 6.20 Å². The minimum atomic E-state index is -0.155. The first-order chi connectivity index (χ1) is 11.7. The highest BCUT2D eigenvalue weighted by atomic mass is 16.2. The number of likely N-dealkylation sites (tertiary alicyclic amines) is 1. The minimum absolute atomic E-state index is 0.0153. The maximum atomic E-state index is 12.0. The average molecular weight is 334 g/mol. The Bertz CT molecular complexity index is 583. The fourth-order valence-corrected chi connectivity index (χ4v) is 3.15. The molecule has 1 aliphatic heterocycles. The van der Waals surface area contributed by atoms with Crippen molar-refractivity contribution < 1.29 is 9.59 Å². The van der Waals surface area contributed by atoms with Gasteiger partial charge >= 0.3 is 6.03 Å². The molecule has 1 saturated heterocycles. The number of nitrogens with one attached hydrogen (secondary N) is 2. The van der Waals surface area contributed by atoms with Crippen LogP contribution < -0.4 is 10.6 Å². The van der Waals surface area contributed by atoms with Crippen molar-refractivity contribution in [3.8, 4) is 0 Å². The van der Waals surface area contributed by atoms with Crippen molar-refractivity contribution in [3.63, 3.8) is 0 Å². The fourth-order valence-electron chi connectivity index (χ4n) is 3.15. The number of hydrogen-bond acceptors (Lipinski definition) is 4. The summed E-state index contributed by atoms with van der Waals surface area (Å²) in [7, 11) is 1.66. The molecule has 1 unspecified atom stereocenters. The first-order valence-electron chi connectivity index (χ1n) is 8.84. The van der Waals surface area contributed by atoms with Gasteiger partial charge in [-0.15, -0.1) is 5.10 Å². The molecule has 2 N–H and O–H groups in total. The van der Waals surface area contributed by atoms with Gasteiger partial charge in [0.05, 0.1) is 6.20 Å². The number of hydrogen-bond donors (Lipinski definition) is 2. The Kier molecular flexibility index (Phi) is 5.32. The second-order valence-corrected chi connectivity index (χ2v) is 6.71. The highest BCUT2D eigenvalue weighted by molar-refractivity contribution is 5.91. The fraction of sp³-hybridized carbons (Fsp3) is 0.750. The molecule has 3 amide bonds. The van der Waals surface area contributed by atoms with E-state index < -0.39 is 0 Å². The van der Waals surface area contributed by atoms with Crippen LogP contribution in [-0.4, -0.2) is 58.0 Å². The first kappa shape index (κ1) is 16.7. The van der Waals surface area contributed by atoms with Crippen molar-refractivity contribution in [3.05, 3.63) is 11.9 Å². The van der Waals surface area contributed by atoms with Crippen LogP contribution >= 0.6 is 0 Å². The predicted molar refractivity (Wildman–Crippen MR) is 88.5 cm³/mol. The van der Waals surface area contributed by atoms with Crippen LogP contribution in [0.4, 0.5) is 4.79 Å². The number of rotatable bonds is 6. The Morgan fingerprint density at radius 1 is 1.29 bits per heavy atom. The lowest BCUT2D eigenvalue weighted by Crippen LogP contribution is -2.48. The molecule has 0 radical (unpaired) electrons. The summed E-state index contributed by atoms with van der Waals surface area (Å²) in [6, 6.07) is 0.202. The normalized spacial score (nSPS) is 20.7. The Hall–Kier alpha value is -2.12. The van der Waals surface area contributed by atoms with Gasteiger partial charge in [-0.3, -0.25) is 9.48 Å². The van der Waals surface area contributed by atoms with Gasteiger partial charge in [0, 0.05) is 32.7 Å². The van der Waals surface area contributed by atoms with Gasteiger partial charge in [0.25, 0.3) is 5.91 Å². The molecular weight excluding hydrogens is 308 g/mol. The number of carbonyl (C=O) groups is 2. The van der Waals surface area contributed by atoms with Crippen molar-refractivity contribution >= 4 is 11.9 Å². The molecule has 1 atom stereocenters. The van der Waals surface area contributed by atoms with Crippen LogP contribution in [0.25, 0.3) is 0 Å². The molecule has 1 saturated carbocycles. The monoisotopic (exact) mass is 334 g/mol. The van der Waals surface area contributed by atoms with Crippen LogP contribution in [0, 0.1) is 5.92 Å². The smallest absolute Gasteiger partial charge is 0.317 e. The van der Waals surface area contributed by atoms with E-state index >= 15 is 0 Å². The number of aryl methyl sites for hydroxylation is 1. The van der Waals surface area contributed by atoms with Gasteiger partial charge in [0.15, 0.2) is 5.69 Å². The summed E-state index contributed by atoms with van der Waals surface area (Å²) < 4.78 is 1.70. The van der Waals surface area contributed by atoms with Gasteiger partial charge in [-0.1, -0.05) is 5.21 Å². The molecule has 132 valence electrons. The van der Waals surface area contributed by atoms with Crippen molar-refractivity contribution in [1.29, 1.82) is 0 Å². The van der Waals surface area contributed by atoms with Crippen molar-refractivity contribution in [2.24, 2.45) is 5.92 Å². The Morgan fingerprint density at radius 3 is 2.88 bits per heavy atom. The quantitative estimate of drug-likeness (QED) is 0.812. The van der Waals surface area contributed by atoms with E-state index in [0.717, 1.165) is 38.8 Å². The predicted octanol–water partition coefficient (Wildman–Crippen LogP) is 1.00. The topological polar surface area (TPSA) is 92.2 Å². The van der Waals surface area contributed by atoms with Crippen LogP contribution in [0.2, 0.25) is 0 Å². The molecule has 3 rings (SSSR count). The maximum Gasteiger partial charge on any atom is 0.317 e. The minimum Gasteiger partial charge on any atom is -0.350 e. The standard InChI is InChI=1S/C16H26N6O2/c1-17-16(24)22-8-3-2-4-13(22)7-9-21-11-14(19-20-21)15(23)18-10-12-5-6-12/h11-13H,2-10H2,1H3,(H,17,24)(H,18,23). The summed E-state index contributed by atoms with van der Waals surface area (Å²) in [6.45, 7) is 2.19. The van der Waals surface area contributed by atoms with E-state index in [0.29, 0.717) is 18.2 Å². The molecule has 1 aliphatic carbocycles. The summed E-state index contributed by atoms with van der Waals surface area (Å²) in [4.78, 5) is 25.8.